The molecule has 0 aliphatic carbocycles. The summed E-state index contributed by atoms with van der Waals surface area (Å²) < 4.78 is 13.7. The van der Waals surface area contributed by atoms with Gasteiger partial charge in [0.2, 0.25) is 0 Å². The van der Waals surface area contributed by atoms with Crippen LogP contribution in [-0.4, -0.2) is 16.5 Å². The van der Waals surface area contributed by atoms with Crippen molar-refractivity contribution in [3.8, 4) is 0 Å². The first kappa shape index (κ1) is 17.9. The summed E-state index contributed by atoms with van der Waals surface area (Å²) in [5, 5.41) is 6.57. The summed E-state index contributed by atoms with van der Waals surface area (Å²) in [6.07, 6.45) is 0.593. The summed E-state index contributed by atoms with van der Waals surface area (Å²) in [5.74, 6) is 1.95. The van der Waals surface area contributed by atoms with Crippen LogP contribution in [0, 0.1) is 26.6 Å². The van der Waals surface area contributed by atoms with Crippen molar-refractivity contribution in [1.29, 1.82) is 0 Å². The Kier molecular flexibility index (Phi) is 5.46. The van der Waals surface area contributed by atoms with Crippen molar-refractivity contribution in [2.24, 2.45) is 0 Å². The summed E-state index contributed by atoms with van der Waals surface area (Å²) in [4.78, 5) is 8.84. The number of hydrogen-bond donors (Lipinski definition) is 2. The second-order valence-electron chi connectivity index (χ2n) is 6.38. The molecule has 0 saturated carbocycles. The van der Waals surface area contributed by atoms with E-state index in [1.807, 2.05) is 25.1 Å². The number of benzene rings is 2. The summed E-state index contributed by atoms with van der Waals surface area (Å²) in [6.45, 7) is 6.63. The molecule has 0 aliphatic heterocycles. The largest absolute Gasteiger partial charge is 0.370 e. The summed E-state index contributed by atoms with van der Waals surface area (Å²) in [7, 11) is 0. The van der Waals surface area contributed by atoms with E-state index < -0.39 is 0 Å². The Labute approximate surface area is 153 Å². The molecule has 2 N–H and O–H groups in total. The third-order valence-electron chi connectivity index (χ3n) is 4.28. The number of nitrogens with one attached hydrogen (secondary N) is 2. The first-order chi connectivity index (χ1) is 12.5. The Morgan fingerprint density at radius 1 is 0.885 bits per heavy atom. The molecule has 134 valence electrons. The van der Waals surface area contributed by atoms with E-state index in [2.05, 4.69) is 46.6 Å². The number of halogens is 1. The summed E-state index contributed by atoms with van der Waals surface area (Å²) in [6, 6.07) is 14.9. The molecule has 0 amide bonds. The van der Waals surface area contributed by atoms with Gasteiger partial charge in [0.05, 0.1) is 0 Å². The van der Waals surface area contributed by atoms with Gasteiger partial charge in [-0.25, -0.2) is 14.4 Å². The predicted octanol–water partition coefficient (Wildman–Crippen LogP) is 4.94. The molecule has 1 aromatic heterocycles. The highest BCUT2D eigenvalue weighted by molar-refractivity contribution is 5.60. The maximum absolute atomic E-state index is 13.7. The first-order valence-electron chi connectivity index (χ1n) is 8.68. The van der Waals surface area contributed by atoms with E-state index in [1.54, 1.807) is 12.1 Å². The minimum atomic E-state index is -0.176. The molecule has 0 radical (unpaired) electrons. The third kappa shape index (κ3) is 4.57. The van der Waals surface area contributed by atoms with Gasteiger partial charge in [0.1, 0.15) is 23.3 Å². The molecule has 5 heteroatoms. The van der Waals surface area contributed by atoms with Gasteiger partial charge in [0.25, 0.3) is 0 Å². The standard InChI is InChI=1S/C21H23FN4/c1-14-8-9-18(12-15(14)2)26-21-13-20(24-16(3)25-21)23-11-10-17-6-4-5-7-19(17)22/h4-9,12-13H,10-11H2,1-3H3,(H2,23,24,25,26). The van der Waals surface area contributed by atoms with Crippen molar-refractivity contribution in [1.82, 2.24) is 9.97 Å². The second-order valence-corrected chi connectivity index (χ2v) is 6.38. The highest BCUT2D eigenvalue weighted by Crippen LogP contribution is 2.20. The van der Waals surface area contributed by atoms with Gasteiger partial charge in [-0.3, -0.25) is 0 Å². The Balaban J connectivity index is 1.67. The van der Waals surface area contributed by atoms with E-state index in [0.29, 0.717) is 24.4 Å². The second kappa shape index (κ2) is 7.95. The van der Waals surface area contributed by atoms with Crippen LogP contribution in [0.15, 0.2) is 48.5 Å². The van der Waals surface area contributed by atoms with Gasteiger partial charge < -0.3 is 10.6 Å². The van der Waals surface area contributed by atoms with E-state index in [4.69, 9.17) is 0 Å². The van der Waals surface area contributed by atoms with Gasteiger partial charge in [0.15, 0.2) is 0 Å². The molecular weight excluding hydrogens is 327 g/mol. The number of hydrogen-bond acceptors (Lipinski definition) is 4. The topological polar surface area (TPSA) is 49.8 Å². The fraction of sp³-hybridized carbons (Fsp3) is 0.238. The number of rotatable bonds is 6. The van der Waals surface area contributed by atoms with Crippen LogP contribution in [0.5, 0.6) is 0 Å². The molecule has 0 aliphatic rings. The molecule has 0 atom stereocenters. The van der Waals surface area contributed by atoms with Gasteiger partial charge in [-0.2, -0.15) is 0 Å². The molecule has 26 heavy (non-hydrogen) atoms. The highest BCUT2D eigenvalue weighted by atomic mass is 19.1. The first-order valence-corrected chi connectivity index (χ1v) is 8.68. The Hall–Kier alpha value is -2.95. The van der Waals surface area contributed by atoms with Crippen LogP contribution in [0.2, 0.25) is 0 Å². The van der Waals surface area contributed by atoms with Crippen molar-refractivity contribution >= 4 is 17.3 Å². The van der Waals surface area contributed by atoms with Crippen molar-refractivity contribution in [3.05, 3.63) is 76.9 Å². The van der Waals surface area contributed by atoms with Crippen LogP contribution >= 0.6 is 0 Å². The Morgan fingerprint density at radius 2 is 1.65 bits per heavy atom. The van der Waals surface area contributed by atoms with E-state index in [9.17, 15) is 4.39 Å². The monoisotopic (exact) mass is 350 g/mol. The van der Waals surface area contributed by atoms with Crippen LogP contribution in [0.3, 0.4) is 0 Å². The average molecular weight is 350 g/mol. The molecule has 0 unspecified atom stereocenters. The molecule has 0 fully saturated rings. The number of anilines is 3. The minimum absolute atomic E-state index is 0.176. The third-order valence-corrected chi connectivity index (χ3v) is 4.28. The smallest absolute Gasteiger partial charge is 0.136 e. The van der Waals surface area contributed by atoms with Crippen molar-refractivity contribution < 1.29 is 4.39 Å². The quantitative estimate of drug-likeness (QED) is 0.661. The van der Waals surface area contributed by atoms with Crippen molar-refractivity contribution in [3.63, 3.8) is 0 Å². The van der Waals surface area contributed by atoms with E-state index in [-0.39, 0.29) is 5.82 Å². The van der Waals surface area contributed by atoms with Gasteiger partial charge >= 0.3 is 0 Å². The maximum atomic E-state index is 13.7. The summed E-state index contributed by atoms with van der Waals surface area (Å²) >= 11 is 0. The lowest BCUT2D eigenvalue weighted by molar-refractivity contribution is 0.610. The van der Waals surface area contributed by atoms with Gasteiger partial charge in [-0.15, -0.1) is 0 Å². The molecule has 3 rings (SSSR count). The zero-order valence-corrected chi connectivity index (χ0v) is 15.3. The van der Waals surface area contributed by atoms with Crippen molar-refractivity contribution in [2.45, 2.75) is 27.2 Å². The van der Waals surface area contributed by atoms with Crippen LogP contribution in [0.25, 0.3) is 0 Å². The SMILES string of the molecule is Cc1nc(NCCc2ccccc2F)cc(Nc2ccc(C)c(C)c2)n1. The lowest BCUT2D eigenvalue weighted by Gasteiger charge is -2.11. The predicted molar refractivity (Wildman–Crippen MR) is 105 cm³/mol. The number of aromatic nitrogens is 2. The molecule has 2 aromatic carbocycles. The zero-order chi connectivity index (χ0) is 18.5. The molecule has 1 heterocycles. The van der Waals surface area contributed by atoms with Gasteiger partial charge in [0, 0.05) is 18.3 Å². The number of aryl methyl sites for hydroxylation is 3. The Bertz CT molecular complexity index is 908. The molecule has 0 bridgehead atoms. The van der Waals surface area contributed by atoms with E-state index in [1.165, 1.54) is 17.2 Å². The van der Waals surface area contributed by atoms with E-state index >= 15 is 0 Å². The average Bonchev–Trinajstić information content (AvgIpc) is 2.59. The minimum Gasteiger partial charge on any atom is -0.370 e. The summed E-state index contributed by atoms with van der Waals surface area (Å²) in [5.41, 5.74) is 4.16. The fourth-order valence-corrected chi connectivity index (χ4v) is 2.72. The normalized spacial score (nSPS) is 10.6. The van der Waals surface area contributed by atoms with Crippen LogP contribution < -0.4 is 10.6 Å². The maximum Gasteiger partial charge on any atom is 0.136 e. The Morgan fingerprint density at radius 3 is 2.42 bits per heavy atom. The number of nitrogens with zero attached hydrogens (tertiary/aromatic N) is 2. The van der Waals surface area contributed by atoms with Gasteiger partial charge in [-0.1, -0.05) is 24.3 Å². The van der Waals surface area contributed by atoms with E-state index in [0.717, 1.165) is 17.3 Å². The van der Waals surface area contributed by atoms with Crippen LogP contribution in [0.4, 0.5) is 21.7 Å². The zero-order valence-electron chi connectivity index (χ0n) is 15.3. The molecule has 0 spiro atoms. The molecule has 4 nitrogen and oxygen atoms in total. The van der Waals surface area contributed by atoms with Crippen LogP contribution in [0.1, 0.15) is 22.5 Å². The van der Waals surface area contributed by atoms with Gasteiger partial charge in [-0.05, 0) is 62.1 Å². The fourth-order valence-electron chi connectivity index (χ4n) is 2.72. The molecular formula is C21H23FN4. The van der Waals surface area contributed by atoms with Crippen molar-refractivity contribution in [2.75, 3.05) is 17.2 Å². The van der Waals surface area contributed by atoms with Crippen LogP contribution in [-0.2, 0) is 6.42 Å². The molecule has 0 saturated heterocycles. The lowest BCUT2D eigenvalue weighted by Crippen LogP contribution is -2.09. The highest BCUT2D eigenvalue weighted by Gasteiger charge is 2.05. The molecule has 3 aromatic rings. The lowest BCUT2D eigenvalue weighted by atomic mass is 10.1.